The molecule has 6 heteroatoms. The van der Waals surface area contributed by atoms with E-state index in [1.807, 2.05) is 11.4 Å². The Morgan fingerprint density at radius 3 is 2.88 bits per heavy atom. The van der Waals surface area contributed by atoms with E-state index in [0.29, 0.717) is 11.2 Å². The van der Waals surface area contributed by atoms with Gasteiger partial charge in [0.05, 0.1) is 12.1 Å². The molecule has 0 bridgehead atoms. The Morgan fingerprint density at radius 1 is 1.27 bits per heavy atom. The van der Waals surface area contributed by atoms with E-state index in [2.05, 4.69) is 46.9 Å². The highest BCUT2D eigenvalue weighted by Crippen LogP contribution is 2.24. The third-order valence-electron chi connectivity index (χ3n) is 4.91. The zero-order chi connectivity index (χ0) is 18.1. The van der Waals surface area contributed by atoms with E-state index < -0.39 is 0 Å². The molecule has 136 valence electrons. The number of nitrogens with one attached hydrogen (secondary N) is 1. The number of H-pyrrole nitrogens is 1. The zero-order valence-corrected chi connectivity index (χ0v) is 15.9. The molecule has 1 aromatic carbocycles. The number of nitrogens with zero attached hydrogens (tertiary/aromatic N) is 2. The zero-order valence-electron chi connectivity index (χ0n) is 15.1. The van der Waals surface area contributed by atoms with Crippen LogP contribution in [0.1, 0.15) is 29.8 Å². The summed E-state index contributed by atoms with van der Waals surface area (Å²) in [5, 5.41) is 1.91. The second-order valence-corrected chi connectivity index (χ2v) is 7.93. The molecule has 26 heavy (non-hydrogen) atoms. The van der Waals surface area contributed by atoms with Gasteiger partial charge in [-0.1, -0.05) is 12.1 Å². The first-order valence-corrected chi connectivity index (χ1v) is 9.89. The van der Waals surface area contributed by atoms with Crippen molar-refractivity contribution in [3.63, 3.8) is 0 Å². The molecular formula is C20H23N3O2S. The quantitative estimate of drug-likeness (QED) is 0.763. The van der Waals surface area contributed by atoms with Gasteiger partial charge < -0.3 is 9.72 Å². The lowest BCUT2D eigenvalue weighted by Gasteiger charge is -2.32. The van der Waals surface area contributed by atoms with Crippen molar-refractivity contribution in [2.45, 2.75) is 39.3 Å². The minimum absolute atomic E-state index is 0.0341. The van der Waals surface area contributed by atoms with Crippen molar-refractivity contribution in [2.75, 3.05) is 13.1 Å². The average Bonchev–Trinajstić information content (AvgIpc) is 3.09. The number of thiophene rings is 1. The molecule has 1 fully saturated rings. The molecule has 1 aliphatic heterocycles. The van der Waals surface area contributed by atoms with E-state index >= 15 is 0 Å². The Balaban J connectivity index is 1.37. The van der Waals surface area contributed by atoms with Gasteiger partial charge in [0, 0.05) is 13.1 Å². The van der Waals surface area contributed by atoms with E-state index in [-0.39, 0.29) is 11.7 Å². The number of fused-ring (bicyclic) bond motifs is 1. The minimum atomic E-state index is -0.0341. The van der Waals surface area contributed by atoms with Gasteiger partial charge >= 0.3 is 0 Å². The Hall–Kier alpha value is -2.18. The summed E-state index contributed by atoms with van der Waals surface area (Å²) in [6.45, 7) is 6.75. The fourth-order valence-corrected chi connectivity index (χ4v) is 4.13. The summed E-state index contributed by atoms with van der Waals surface area (Å²) in [5.41, 5.74) is 3.17. The average molecular weight is 369 g/mol. The first-order valence-electron chi connectivity index (χ1n) is 9.01. The van der Waals surface area contributed by atoms with Gasteiger partial charge in [0.2, 0.25) is 0 Å². The Labute approximate surface area is 156 Å². The molecule has 0 unspecified atom stereocenters. The minimum Gasteiger partial charge on any atom is -0.490 e. The highest BCUT2D eigenvalue weighted by Gasteiger charge is 2.22. The van der Waals surface area contributed by atoms with Crippen LogP contribution in [0.3, 0.4) is 0 Å². The van der Waals surface area contributed by atoms with E-state index in [0.717, 1.165) is 43.0 Å². The van der Waals surface area contributed by atoms with Crippen molar-refractivity contribution in [3.05, 3.63) is 57.0 Å². The van der Waals surface area contributed by atoms with Crippen LogP contribution in [-0.2, 0) is 6.54 Å². The number of benzene rings is 1. The maximum Gasteiger partial charge on any atom is 0.268 e. The fourth-order valence-electron chi connectivity index (χ4n) is 3.41. The Kier molecular flexibility index (Phi) is 4.78. The summed E-state index contributed by atoms with van der Waals surface area (Å²) >= 11 is 1.44. The molecule has 0 radical (unpaired) electrons. The SMILES string of the molecule is Cc1ccc(C)c(OC2CCN(Cc3nc4ccsc4c(=O)[nH]3)CC2)c1. The third kappa shape index (κ3) is 3.66. The second-order valence-electron chi connectivity index (χ2n) is 7.01. The molecule has 3 heterocycles. The van der Waals surface area contributed by atoms with Gasteiger partial charge in [-0.25, -0.2) is 4.98 Å². The monoisotopic (exact) mass is 369 g/mol. The van der Waals surface area contributed by atoms with Gasteiger partial charge in [-0.2, -0.15) is 0 Å². The molecule has 4 rings (SSSR count). The fraction of sp³-hybridized carbons (Fsp3) is 0.400. The first kappa shape index (κ1) is 17.2. The molecule has 0 saturated carbocycles. The molecule has 3 aromatic rings. The topological polar surface area (TPSA) is 58.2 Å². The third-order valence-corrected chi connectivity index (χ3v) is 5.81. The van der Waals surface area contributed by atoms with Crippen molar-refractivity contribution in [1.82, 2.24) is 14.9 Å². The van der Waals surface area contributed by atoms with E-state index in [1.165, 1.54) is 22.5 Å². The lowest BCUT2D eigenvalue weighted by Crippen LogP contribution is -2.38. The number of ether oxygens (including phenoxy) is 1. The maximum atomic E-state index is 12.1. The summed E-state index contributed by atoms with van der Waals surface area (Å²) in [7, 11) is 0. The summed E-state index contributed by atoms with van der Waals surface area (Å²) in [5.74, 6) is 1.74. The van der Waals surface area contributed by atoms with Gasteiger partial charge in [-0.15, -0.1) is 11.3 Å². The lowest BCUT2D eigenvalue weighted by molar-refractivity contribution is 0.0948. The normalized spacial score (nSPS) is 16.2. The molecule has 1 aliphatic rings. The predicted octanol–water partition coefficient (Wildman–Crippen LogP) is 3.64. The highest BCUT2D eigenvalue weighted by molar-refractivity contribution is 7.17. The van der Waals surface area contributed by atoms with Crippen LogP contribution in [0.25, 0.3) is 10.2 Å². The Bertz CT molecular complexity index is 971. The second kappa shape index (κ2) is 7.21. The molecule has 5 nitrogen and oxygen atoms in total. The van der Waals surface area contributed by atoms with Crippen LogP contribution in [-0.4, -0.2) is 34.1 Å². The molecule has 0 amide bonds. The van der Waals surface area contributed by atoms with Crippen LogP contribution in [0.15, 0.2) is 34.4 Å². The van der Waals surface area contributed by atoms with Crippen molar-refractivity contribution < 1.29 is 4.74 Å². The number of aromatic nitrogens is 2. The van der Waals surface area contributed by atoms with Gasteiger partial charge in [-0.05, 0) is 55.3 Å². The molecular weight excluding hydrogens is 346 g/mol. The number of rotatable bonds is 4. The largest absolute Gasteiger partial charge is 0.490 e. The van der Waals surface area contributed by atoms with Crippen LogP contribution in [0, 0.1) is 13.8 Å². The molecule has 0 aliphatic carbocycles. The van der Waals surface area contributed by atoms with E-state index in [9.17, 15) is 4.79 Å². The van der Waals surface area contributed by atoms with Crippen LogP contribution in [0.4, 0.5) is 0 Å². The van der Waals surface area contributed by atoms with Gasteiger partial charge in [-0.3, -0.25) is 9.69 Å². The number of hydrogen-bond acceptors (Lipinski definition) is 5. The van der Waals surface area contributed by atoms with Crippen molar-refractivity contribution in [3.8, 4) is 5.75 Å². The van der Waals surface area contributed by atoms with Gasteiger partial charge in [0.25, 0.3) is 5.56 Å². The number of aryl methyl sites for hydroxylation is 2. The van der Waals surface area contributed by atoms with Crippen LogP contribution >= 0.6 is 11.3 Å². The summed E-state index contributed by atoms with van der Waals surface area (Å²) < 4.78 is 6.94. The highest BCUT2D eigenvalue weighted by atomic mass is 32.1. The van der Waals surface area contributed by atoms with Crippen LogP contribution < -0.4 is 10.3 Å². The van der Waals surface area contributed by atoms with Crippen LogP contribution in [0.2, 0.25) is 0 Å². The lowest BCUT2D eigenvalue weighted by atomic mass is 10.1. The number of hydrogen-bond donors (Lipinski definition) is 1. The molecule has 1 saturated heterocycles. The van der Waals surface area contributed by atoms with Crippen molar-refractivity contribution in [1.29, 1.82) is 0 Å². The molecule has 0 atom stereocenters. The number of piperidine rings is 1. The van der Waals surface area contributed by atoms with Crippen LogP contribution in [0.5, 0.6) is 5.75 Å². The van der Waals surface area contributed by atoms with E-state index in [4.69, 9.17) is 4.74 Å². The summed E-state index contributed by atoms with van der Waals surface area (Å²) in [6, 6.07) is 8.25. The molecule has 0 spiro atoms. The van der Waals surface area contributed by atoms with E-state index in [1.54, 1.807) is 0 Å². The Morgan fingerprint density at radius 2 is 2.08 bits per heavy atom. The summed E-state index contributed by atoms with van der Waals surface area (Å²) in [6.07, 6.45) is 2.22. The van der Waals surface area contributed by atoms with Crippen molar-refractivity contribution in [2.24, 2.45) is 0 Å². The number of aromatic amines is 1. The predicted molar refractivity (Wildman–Crippen MR) is 105 cm³/mol. The van der Waals surface area contributed by atoms with Crippen molar-refractivity contribution >= 4 is 21.6 Å². The standard InChI is InChI=1S/C20H23N3O2S/c1-13-3-4-14(2)17(11-13)25-15-5-8-23(9-6-15)12-18-21-16-7-10-26-19(16)20(24)22-18/h3-4,7,10-11,15H,5-6,8-9,12H2,1-2H3,(H,21,22,24). The number of likely N-dealkylation sites (tertiary alicyclic amines) is 1. The first-order chi connectivity index (χ1) is 12.6. The smallest absolute Gasteiger partial charge is 0.268 e. The maximum absolute atomic E-state index is 12.1. The molecule has 2 aromatic heterocycles. The summed E-state index contributed by atoms with van der Waals surface area (Å²) in [4.78, 5) is 21.9. The van der Waals surface area contributed by atoms with Gasteiger partial charge in [0.1, 0.15) is 22.4 Å². The molecule has 1 N–H and O–H groups in total. The van der Waals surface area contributed by atoms with Gasteiger partial charge in [0.15, 0.2) is 0 Å².